The maximum atomic E-state index is 11.8. The summed E-state index contributed by atoms with van der Waals surface area (Å²) in [6, 6.07) is 5.34. The first-order chi connectivity index (χ1) is 9.98. The van der Waals surface area contributed by atoms with Gasteiger partial charge in [-0.25, -0.2) is 4.79 Å². The third kappa shape index (κ3) is 6.24. The van der Waals surface area contributed by atoms with Gasteiger partial charge in [-0.2, -0.15) is 0 Å². The van der Waals surface area contributed by atoms with E-state index in [-0.39, 0.29) is 5.69 Å². The molecule has 22 heavy (non-hydrogen) atoms. The molecule has 0 spiro atoms. The zero-order valence-corrected chi connectivity index (χ0v) is 12.8. The van der Waals surface area contributed by atoms with Gasteiger partial charge in [-0.3, -0.25) is 15.4 Å². The van der Waals surface area contributed by atoms with Gasteiger partial charge < -0.3 is 9.84 Å². The number of anilines is 1. The highest BCUT2D eigenvalue weighted by molar-refractivity contribution is 5.85. The third-order valence-corrected chi connectivity index (χ3v) is 2.34. The van der Waals surface area contributed by atoms with E-state index in [1.54, 1.807) is 13.8 Å². The molecule has 7 heteroatoms. The highest BCUT2D eigenvalue weighted by atomic mass is 16.6. The predicted molar refractivity (Wildman–Crippen MR) is 81.4 cm³/mol. The summed E-state index contributed by atoms with van der Waals surface area (Å²) in [7, 11) is 0. The Morgan fingerprint density at radius 1 is 1.23 bits per heavy atom. The van der Waals surface area contributed by atoms with Crippen molar-refractivity contribution >= 4 is 17.5 Å². The van der Waals surface area contributed by atoms with Crippen LogP contribution >= 0.6 is 0 Å². The van der Waals surface area contributed by atoms with Crippen LogP contribution in [0.4, 0.5) is 16.2 Å². The van der Waals surface area contributed by atoms with Gasteiger partial charge in [0.15, 0.2) is 5.60 Å². The van der Waals surface area contributed by atoms with E-state index in [4.69, 9.17) is 4.74 Å². The Kier molecular flexibility index (Phi) is 5.12. The molecule has 0 saturated carbocycles. The first-order valence-corrected chi connectivity index (χ1v) is 6.50. The van der Waals surface area contributed by atoms with Crippen LogP contribution in [0.15, 0.2) is 24.3 Å². The molecule has 0 atom stereocenters. The molecule has 1 aromatic rings. The number of hydrogen-bond donors (Lipinski definition) is 2. The molecular formula is C15H18N2O5. The quantitative estimate of drug-likeness (QED) is 0.508. The number of carbonyl (C=O) groups excluding carboxylic acids is 1. The van der Waals surface area contributed by atoms with E-state index in [0.29, 0.717) is 5.69 Å². The van der Waals surface area contributed by atoms with Gasteiger partial charge in [0.2, 0.25) is 0 Å². The minimum atomic E-state index is -1.19. The summed E-state index contributed by atoms with van der Waals surface area (Å²) < 4.78 is 5.15. The fourth-order valence-corrected chi connectivity index (χ4v) is 1.37. The SMILES string of the molecule is CC(C)(O)C#CC(C)(C)OC(=O)Nc1ccc([N+](=O)[O-])cc1. The Hall–Kier alpha value is -2.59. The molecule has 0 aliphatic rings. The van der Waals surface area contributed by atoms with E-state index >= 15 is 0 Å². The topological polar surface area (TPSA) is 102 Å². The van der Waals surface area contributed by atoms with Crippen LogP contribution in [0.25, 0.3) is 0 Å². The molecule has 0 aliphatic carbocycles. The Balaban J connectivity index is 2.69. The van der Waals surface area contributed by atoms with Crippen LogP contribution in [0.1, 0.15) is 27.7 Å². The largest absolute Gasteiger partial charge is 0.430 e. The average Bonchev–Trinajstić information content (AvgIpc) is 2.35. The zero-order chi connectivity index (χ0) is 17.0. The monoisotopic (exact) mass is 306 g/mol. The number of ether oxygens (including phenoxy) is 1. The molecule has 0 unspecified atom stereocenters. The molecule has 0 bridgehead atoms. The molecule has 0 aromatic heterocycles. The highest BCUT2D eigenvalue weighted by Gasteiger charge is 2.21. The van der Waals surface area contributed by atoms with Crippen LogP contribution in [0.2, 0.25) is 0 Å². The van der Waals surface area contributed by atoms with Crippen LogP contribution in [0.3, 0.4) is 0 Å². The van der Waals surface area contributed by atoms with Crippen LogP contribution in [-0.2, 0) is 4.74 Å². The molecule has 1 rings (SSSR count). The summed E-state index contributed by atoms with van der Waals surface area (Å²) in [4.78, 5) is 21.8. The smallest absolute Gasteiger partial charge is 0.413 e. The molecule has 1 aromatic carbocycles. The van der Waals surface area contributed by atoms with E-state index in [1.165, 1.54) is 38.1 Å². The number of nitro benzene ring substituents is 1. The molecule has 0 heterocycles. The number of carbonyl (C=O) groups is 1. The van der Waals surface area contributed by atoms with Crippen molar-refractivity contribution in [2.75, 3.05) is 5.32 Å². The van der Waals surface area contributed by atoms with Gasteiger partial charge >= 0.3 is 6.09 Å². The number of non-ortho nitro benzene ring substituents is 1. The van der Waals surface area contributed by atoms with E-state index in [1.807, 2.05) is 0 Å². The number of nitro groups is 1. The lowest BCUT2D eigenvalue weighted by molar-refractivity contribution is -0.384. The summed E-state index contributed by atoms with van der Waals surface area (Å²) in [6.45, 7) is 6.21. The fraction of sp³-hybridized carbons (Fsp3) is 0.400. The van der Waals surface area contributed by atoms with E-state index in [2.05, 4.69) is 17.2 Å². The van der Waals surface area contributed by atoms with Crippen LogP contribution < -0.4 is 5.32 Å². The summed E-state index contributed by atoms with van der Waals surface area (Å²) >= 11 is 0. The van der Waals surface area contributed by atoms with Crippen molar-refractivity contribution in [2.24, 2.45) is 0 Å². The normalized spacial score (nSPS) is 11.1. The molecule has 0 saturated heterocycles. The second kappa shape index (κ2) is 6.45. The van der Waals surface area contributed by atoms with Crippen molar-refractivity contribution in [2.45, 2.75) is 38.9 Å². The van der Waals surface area contributed by atoms with Crippen molar-refractivity contribution in [3.05, 3.63) is 34.4 Å². The number of nitrogens with one attached hydrogen (secondary N) is 1. The maximum absolute atomic E-state index is 11.8. The van der Waals surface area contributed by atoms with Crippen molar-refractivity contribution in [1.29, 1.82) is 0 Å². The van der Waals surface area contributed by atoms with E-state index in [0.717, 1.165) is 0 Å². The van der Waals surface area contributed by atoms with Gasteiger partial charge in [-0.05, 0) is 39.8 Å². The van der Waals surface area contributed by atoms with E-state index < -0.39 is 22.2 Å². The maximum Gasteiger partial charge on any atom is 0.413 e. The minimum absolute atomic E-state index is 0.0738. The first-order valence-electron chi connectivity index (χ1n) is 6.50. The Labute approximate surface area is 128 Å². The van der Waals surface area contributed by atoms with Crippen molar-refractivity contribution in [3.8, 4) is 11.8 Å². The highest BCUT2D eigenvalue weighted by Crippen LogP contribution is 2.17. The second-order valence-electron chi connectivity index (χ2n) is 5.64. The number of nitrogens with zero attached hydrogens (tertiary/aromatic N) is 1. The molecule has 0 fully saturated rings. The van der Waals surface area contributed by atoms with Crippen molar-refractivity contribution in [1.82, 2.24) is 0 Å². The van der Waals surface area contributed by atoms with Crippen LogP contribution in [-0.4, -0.2) is 27.3 Å². The van der Waals surface area contributed by atoms with Gasteiger partial charge in [0.05, 0.1) is 4.92 Å². The lowest BCUT2D eigenvalue weighted by atomic mass is 10.1. The van der Waals surface area contributed by atoms with Crippen molar-refractivity contribution in [3.63, 3.8) is 0 Å². The number of aliphatic hydroxyl groups is 1. The number of benzene rings is 1. The average molecular weight is 306 g/mol. The van der Waals surface area contributed by atoms with Crippen LogP contribution in [0.5, 0.6) is 0 Å². The summed E-state index contributed by atoms with van der Waals surface area (Å²) in [5.41, 5.74) is -1.99. The van der Waals surface area contributed by atoms with Gasteiger partial charge in [-0.15, -0.1) is 0 Å². The molecule has 0 aliphatic heterocycles. The van der Waals surface area contributed by atoms with Gasteiger partial charge in [0.1, 0.15) is 5.60 Å². The van der Waals surface area contributed by atoms with Gasteiger partial charge in [0, 0.05) is 17.8 Å². The molecule has 118 valence electrons. The molecule has 7 nitrogen and oxygen atoms in total. The van der Waals surface area contributed by atoms with E-state index in [9.17, 15) is 20.0 Å². The summed E-state index contributed by atoms with van der Waals surface area (Å²) in [5, 5.41) is 22.5. The molecular weight excluding hydrogens is 288 g/mol. The summed E-state index contributed by atoms with van der Waals surface area (Å²) in [6.07, 6.45) is -0.746. The molecule has 2 N–H and O–H groups in total. The van der Waals surface area contributed by atoms with Crippen molar-refractivity contribution < 1.29 is 19.6 Å². The molecule has 1 amide bonds. The Bertz CT molecular complexity index is 618. The third-order valence-electron chi connectivity index (χ3n) is 2.34. The fourth-order valence-electron chi connectivity index (χ4n) is 1.37. The number of hydrogen-bond acceptors (Lipinski definition) is 5. The Morgan fingerprint density at radius 3 is 2.23 bits per heavy atom. The Morgan fingerprint density at radius 2 is 1.77 bits per heavy atom. The van der Waals surface area contributed by atoms with Gasteiger partial charge in [-0.1, -0.05) is 11.8 Å². The zero-order valence-electron chi connectivity index (χ0n) is 12.8. The van der Waals surface area contributed by atoms with Gasteiger partial charge in [0.25, 0.3) is 5.69 Å². The molecule has 0 radical (unpaired) electrons. The lowest BCUT2D eigenvalue weighted by Crippen LogP contribution is -2.30. The standard InChI is InChI=1S/C15H18N2O5/c1-14(2,19)9-10-15(3,4)22-13(18)16-11-5-7-12(8-6-11)17(20)21/h5-8,19H,1-4H3,(H,16,18). The summed E-state index contributed by atoms with van der Waals surface area (Å²) in [5.74, 6) is 5.24. The number of rotatable bonds is 3. The number of amides is 1. The first kappa shape index (κ1) is 17.5. The predicted octanol–water partition coefficient (Wildman–Crippen LogP) is 2.70. The second-order valence-corrected chi connectivity index (χ2v) is 5.64. The van der Waals surface area contributed by atoms with Crippen LogP contribution in [0, 0.1) is 22.0 Å². The minimum Gasteiger partial charge on any atom is -0.430 e. The lowest BCUT2D eigenvalue weighted by Gasteiger charge is -2.20.